The standard InChI is InChI=1S/C18H14Br3N5OS/c1-2-7-26-17(14-5-3-4-6-22-14)24-25-18(26)28-10-15(27)23-16-12(20)8-11(19)9-13(16)21/h2-6,8-9H,1,7,10H2,(H,23,27). The Kier molecular flexibility index (Phi) is 7.44. The van der Waals surface area contributed by atoms with Gasteiger partial charge in [0.15, 0.2) is 11.0 Å². The smallest absolute Gasteiger partial charge is 0.234 e. The first-order valence-electron chi connectivity index (χ1n) is 8.02. The number of carbonyl (C=O) groups is 1. The number of amides is 1. The number of thioether (sulfide) groups is 1. The SMILES string of the molecule is C=CCn1c(SCC(=O)Nc2c(Br)cc(Br)cc2Br)nnc1-c1ccccn1. The van der Waals surface area contributed by atoms with E-state index in [1.54, 1.807) is 12.3 Å². The lowest BCUT2D eigenvalue weighted by atomic mass is 10.3. The highest BCUT2D eigenvalue weighted by Crippen LogP contribution is 2.34. The quantitative estimate of drug-likeness (QED) is 0.290. The third-order valence-corrected chi connectivity index (χ3v) is 6.20. The van der Waals surface area contributed by atoms with Gasteiger partial charge in [-0.05, 0) is 56.1 Å². The predicted octanol–water partition coefficient (Wildman–Crippen LogP) is 5.54. The molecule has 1 N–H and O–H groups in total. The fraction of sp³-hybridized carbons (Fsp3) is 0.111. The van der Waals surface area contributed by atoms with Crippen LogP contribution in [-0.2, 0) is 11.3 Å². The highest BCUT2D eigenvalue weighted by atomic mass is 79.9. The number of anilines is 1. The van der Waals surface area contributed by atoms with E-state index in [1.165, 1.54) is 11.8 Å². The van der Waals surface area contributed by atoms with Crippen LogP contribution < -0.4 is 5.32 Å². The lowest BCUT2D eigenvalue weighted by molar-refractivity contribution is -0.113. The first-order valence-corrected chi connectivity index (χ1v) is 11.4. The zero-order valence-electron chi connectivity index (χ0n) is 14.4. The summed E-state index contributed by atoms with van der Waals surface area (Å²) in [5, 5.41) is 12.0. The maximum absolute atomic E-state index is 12.4. The van der Waals surface area contributed by atoms with Gasteiger partial charge in [0, 0.05) is 26.2 Å². The molecule has 0 radical (unpaired) electrons. The molecular formula is C18H14Br3N5OS. The number of halogens is 3. The molecular weight excluding hydrogens is 574 g/mol. The second-order valence-electron chi connectivity index (χ2n) is 5.50. The summed E-state index contributed by atoms with van der Waals surface area (Å²) in [6, 6.07) is 9.34. The molecule has 0 unspecified atom stereocenters. The van der Waals surface area contributed by atoms with Gasteiger partial charge in [-0.15, -0.1) is 16.8 Å². The number of aromatic nitrogens is 4. The minimum Gasteiger partial charge on any atom is -0.323 e. The molecule has 28 heavy (non-hydrogen) atoms. The van der Waals surface area contributed by atoms with E-state index in [0.29, 0.717) is 23.2 Å². The van der Waals surface area contributed by atoms with Crippen molar-refractivity contribution >= 4 is 71.1 Å². The number of nitrogens with zero attached hydrogens (tertiary/aromatic N) is 4. The van der Waals surface area contributed by atoms with Crippen LogP contribution in [-0.4, -0.2) is 31.4 Å². The first-order chi connectivity index (χ1) is 13.5. The topological polar surface area (TPSA) is 72.7 Å². The van der Waals surface area contributed by atoms with Crippen LogP contribution in [0.2, 0.25) is 0 Å². The molecule has 0 saturated heterocycles. The Labute approximate surface area is 191 Å². The number of pyridine rings is 1. The summed E-state index contributed by atoms with van der Waals surface area (Å²) in [6.07, 6.45) is 3.46. The van der Waals surface area contributed by atoms with Crippen molar-refractivity contribution < 1.29 is 4.79 Å². The number of carbonyl (C=O) groups excluding carboxylic acids is 1. The van der Waals surface area contributed by atoms with E-state index in [2.05, 4.69) is 74.9 Å². The summed E-state index contributed by atoms with van der Waals surface area (Å²) in [7, 11) is 0. The van der Waals surface area contributed by atoms with Gasteiger partial charge in [0.1, 0.15) is 5.69 Å². The van der Waals surface area contributed by atoms with Crippen molar-refractivity contribution in [3.8, 4) is 11.5 Å². The number of hydrogen-bond acceptors (Lipinski definition) is 5. The van der Waals surface area contributed by atoms with Crippen LogP contribution in [0.1, 0.15) is 0 Å². The third kappa shape index (κ3) is 5.11. The predicted molar refractivity (Wildman–Crippen MR) is 122 cm³/mol. The summed E-state index contributed by atoms with van der Waals surface area (Å²) >= 11 is 11.6. The second-order valence-corrected chi connectivity index (χ2v) is 9.07. The maximum Gasteiger partial charge on any atom is 0.234 e. The van der Waals surface area contributed by atoms with E-state index in [1.807, 2.05) is 34.9 Å². The van der Waals surface area contributed by atoms with E-state index < -0.39 is 0 Å². The minimum atomic E-state index is -0.152. The fourth-order valence-corrected chi connectivity index (χ4v) is 5.55. The molecule has 3 rings (SSSR count). The van der Waals surface area contributed by atoms with Crippen LogP contribution >= 0.6 is 59.6 Å². The highest BCUT2D eigenvalue weighted by Gasteiger charge is 2.16. The van der Waals surface area contributed by atoms with Gasteiger partial charge in [-0.1, -0.05) is 39.8 Å². The molecule has 1 aromatic carbocycles. The lowest BCUT2D eigenvalue weighted by Gasteiger charge is -2.11. The van der Waals surface area contributed by atoms with Crippen LogP contribution in [0.25, 0.3) is 11.5 Å². The van der Waals surface area contributed by atoms with Gasteiger partial charge < -0.3 is 5.32 Å². The van der Waals surface area contributed by atoms with Gasteiger partial charge >= 0.3 is 0 Å². The Hall–Kier alpha value is -1.49. The zero-order chi connectivity index (χ0) is 20.1. The van der Waals surface area contributed by atoms with Crippen LogP contribution in [0, 0.1) is 0 Å². The molecule has 1 amide bonds. The van der Waals surface area contributed by atoms with E-state index in [0.717, 1.165) is 19.1 Å². The summed E-state index contributed by atoms with van der Waals surface area (Å²) in [5.41, 5.74) is 1.39. The van der Waals surface area contributed by atoms with Crippen molar-refractivity contribution in [1.82, 2.24) is 19.7 Å². The third-order valence-electron chi connectivity index (χ3n) is 3.53. The van der Waals surface area contributed by atoms with Crippen molar-refractivity contribution in [3.05, 3.63) is 62.6 Å². The molecule has 0 bridgehead atoms. The van der Waals surface area contributed by atoms with Crippen molar-refractivity contribution in [2.45, 2.75) is 11.7 Å². The van der Waals surface area contributed by atoms with Crippen molar-refractivity contribution in [3.63, 3.8) is 0 Å². The van der Waals surface area contributed by atoms with Gasteiger partial charge in [0.25, 0.3) is 0 Å². The molecule has 0 fully saturated rings. The van der Waals surface area contributed by atoms with E-state index in [9.17, 15) is 4.79 Å². The molecule has 0 saturated carbocycles. The highest BCUT2D eigenvalue weighted by molar-refractivity contribution is 9.11. The molecule has 0 atom stereocenters. The van der Waals surface area contributed by atoms with Gasteiger partial charge in [0.2, 0.25) is 5.91 Å². The molecule has 6 nitrogen and oxygen atoms in total. The van der Waals surface area contributed by atoms with Gasteiger partial charge in [-0.25, -0.2) is 0 Å². The summed E-state index contributed by atoms with van der Waals surface area (Å²) < 4.78 is 4.34. The molecule has 2 aromatic heterocycles. The average Bonchev–Trinajstić information content (AvgIpc) is 3.07. The van der Waals surface area contributed by atoms with E-state index in [-0.39, 0.29) is 11.7 Å². The second kappa shape index (κ2) is 9.82. The number of benzene rings is 1. The normalized spacial score (nSPS) is 10.7. The Morgan fingerprint density at radius 3 is 2.61 bits per heavy atom. The van der Waals surface area contributed by atoms with Gasteiger partial charge in [-0.3, -0.25) is 14.3 Å². The van der Waals surface area contributed by atoms with E-state index in [4.69, 9.17) is 0 Å². The number of allylic oxidation sites excluding steroid dienone is 1. The maximum atomic E-state index is 12.4. The van der Waals surface area contributed by atoms with E-state index >= 15 is 0 Å². The molecule has 0 aliphatic carbocycles. The van der Waals surface area contributed by atoms with Gasteiger partial charge in [-0.2, -0.15) is 0 Å². The molecule has 2 heterocycles. The monoisotopic (exact) mass is 585 g/mol. The number of nitrogens with one attached hydrogen (secondary N) is 1. The molecule has 0 aliphatic heterocycles. The largest absolute Gasteiger partial charge is 0.323 e. The molecule has 144 valence electrons. The Balaban J connectivity index is 1.73. The Morgan fingerprint density at radius 2 is 1.96 bits per heavy atom. The average molecular weight is 588 g/mol. The Bertz CT molecular complexity index is 987. The molecule has 10 heteroatoms. The molecule has 0 spiro atoms. The molecule has 0 aliphatic rings. The van der Waals surface area contributed by atoms with Crippen molar-refractivity contribution in [2.75, 3.05) is 11.1 Å². The van der Waals surface area contributed by atoms with Gasteiger partial charge in [0.05, 0.1) is 11.4 Å². The first kappa shape index (κ1) is 21.2. The van der Waals surface area contributed by atoms with Crippen LogP contribution in [0.15, 0.2) is 67.8 Å². The Morgan fingerprint density at radius 1 is 1.21 bits per heavy atom. The van der Waals surface area contributed by atoms with Crippen LogP contribution in [0.4, 0.5) is 5.69 Å². The van der Waals surface area contributed by atoms with Crippen LogP contribution in [0.5, 0.6) is 0 Å². The minimum absolute atomic E-state index is 0.152. The number of hydrogen-bond donors (Lipinski definition) is 1. The summed E-state index contributed by atoms with van der Waals surface area (Å²) in [6.45, 7) is 4.31. The lowest BCUT2D eigenvalue weighted by Crippen LogP contribution is -2.15. The summed E-state index contributed by atoms with van der Waals surface area (Å²) in [4.78, 5) is 16.8. The van der Waals surface area contributed by atoms with Crippen LogP contribution in [0.3, 0.4) is 0 Å². The molecule has 3 aromatic rings. The fourth-order valence-electron chi connectivity index (χ4n) is 2.34. The zero-order valence-corrected chi connectivity index (χ0v) is 20.0. The van der Waals surface area contributed by atoms with Crippen molar-refractivity contribution in [1.29, 1.82) is 0 Å². The summed E-state index contributed by atoms with van der Waals surface area (Å²) in [5.74, 6) is 0.676. The number of rotatable bonds is 7. The van der Waals surface area contributed by atoms with Crippen molar-refractivity contribution in [2.24, 2.45) is 0 Å².